The number of amides is 1. The molecule has 4 aromatic rings. The number of rotatable bonds is 3. The summed E-state index contributed by atoms with van der Waals surface area (Å²) in [7, 11) is 0. The zero-order valence-corrected chi connectivity index (χ0v) is 19.6. The Morgan fingerprint density at radius 2 is 1.81 bits per heavy atom. The van der Waals surface area contributed by atoms with Crippen LogP contribution in [0.1, 0.15) is 38.3 Å². The van der Waals surface area contributed by atoms with Crippen LogP contribution in [0.25, 0.3) is 33.3 Å². The number of pyridine rings is 3. The van der Waals surface area contributed by atoms with Crippen LogP contribution in [0.3, 0.4) is 0 Å². The van der Waals surface area contributed by atoms with Gasteiger partial charge in [-0.2, -0.15) is 13.2 Å². The van der Waals surface area contributed by atoms with Crippen molar-refractivity contribution < 1.29 is 18.0 Å². The summed E-state index contributed by atoms with van der Waals surface area (Å²) in [6.07, 6.45) is -0.518. The molecule has 1 fully saturated rings. The second-order valence-electron chi connectivity index (χ2n) is 9.49. The summed E-state index contributed by atoms with van der Waals surface area (Å²) >= 11 is 0. The fraction of sp³-hybridized carbons (Fsp3) is 0.391. The first-order valence-electron chi connectivity index (χ1n) is 11.4. The van der Waals surface area contributed by atoms with Crippen LogP contribution in [-0.2, 0) is 11.0 Å². The Bertz CT molecular complexity index is 1470. The lowest BCUT2D eigenvalue weighted by molar-refractivity contribution is -0.137. The topological polar surface area (TPSA) is 142 Å². The van der Waals surface area contributed by atoms with Crippen molar-refractivity contribution in [2.75, 3.05) is 18.8 Å². The number of nitrogens with zero attached hydrogens (tertiary/aromatic N) is 7. The van der Waals surface area contributed by atoms with E-state index in [1.54, 1.807) is 41.8 Å². The highest BCUT2D eigenvalue weighted by molar-refractivity contribution is 5.99. The van der Waals surface area contributed by atoms with E-state index in [9.17, 15) is 18.0 Å². The quantitative estimate of drug-likeness (QED) is 0.438. The summed E-state index contributed by atoms with van der Waals surface area (Å²) in [5.41, 5.74) is 12.1. The third kappa shape index (κ3) is 4.19. The first kappa shape index (κ1) is 23.9. The van der Waals surface area contributed by atoms with Crippen LogP contribution in [0.15, 0.2) is 30.6 Å². The van der Waals surface area contributed by atoms with Gasteiger partial charge in [-0.15, -0.1) is 5.10 Å². The van der Waals surface area contributed by atoms with Gasteiger partial charge in [0.25, 0.3) is 0 Å². The highest BCUT2D eigenvalue weighted by Gasteiger charge is 2.34. The molecule has 10 nitrogen and oxygen atoms in total. The lowest BCUT2D eigenvalue weighted by Crippen LogP contribution is -2.53. The summed E-state index contributed by atoms with van der Waals surface area (Å²) in [4.78, 5) is 27.0. The monoisotopic (exact) mass is 499 g/mol. The van der Waals surface area contributed by atoms with E-state index in [2.05, 4.69) is 25.3 Å². The molecule has 4 N–H and O–H groups in total. The highest BCUT2D eigenvalue weighted by atomic mass is 19.4. The van der Waals surface area contributed by atoms with Gasteiger partial charge in [-0.1, -0.05) is 5.21 Å². The number of piperidine rings is 1. The molecule has 36 heavy (non-hydrogen) atoms. The van der Waals surface area contributed by atoms with Crippen molar-refractivity contribution in [1.82, 2.24) is 34.8 Å². The summed E-state index contributed by atoms with van der Waals surface area (Å²) in [6, 6.07) is 4.15. The zero-order valence-electron chi connectivity index (χ0n) is 19.6. The van der Waals surface area contributed by atoms with Crippen molar-refractivity contribution in [3.05, 3.63) is 36.2 Å². The van der Waals surface area contributed by atoms with E-state index in [1.807, 2.05) is 0 Å². The van der Waals surface area contributed by atoms with Crippen molar-refractivity contribution in [3.8, 4) is 11.3 Å². The van der Waals surface area contributed by atoms with Crippen LogP contribution in [0.4, 0.5) is 19.0 Å². The predicted molar refractivity (Wildman–Crippen MR) is 126 cm³/mol. The Kier molecular flexibility index (Phi) is 5.54. The van der Waals surface area contributed by atoms with E-state index in [0.717, 1.165) is 6.07 Å². The third-order valence-electron chi connectivity index (χ3n) is 6.31. The van der Waals surface area contributed by atoms with Gasteiger partial charge in [0.1, 0.15) is 22.4 Å². The second-order valence-corrected chi connectivity index (χ2v) is 9.49. The average Bonchev–Trinajstić information content (AvgIpc) is 3.27. The summed E-state index contributed by atoms with van der Waals surface area (Å²) in [5, 5.41) is 8.56. The number of halogens is 3. The molecule has 0 spiro atoms. The molecule has 1 aliphatic heterocycles. The molecule has 0 bridgehead atoms. The Hall–Kier alpha value is -3.87. The minimum atomic E-state index is -4.64. The van der Waals surface area contributed by atoms with Crippen LogP contribution in [0, 0.1) is 0 Å². The number of nitrogen functional groups attached to an aromatic ring is 1. The van der Waals surface area contributed by atoms with E-state index in [1.165, 1.54) is 6.20 Å². The number of hydrogen-bond donors (Lipinski definition) is 2. The number of aromatic nitrogens is 6. The standard InChI is InChI=1S/C23H24F3N9O/c1-22(2,28)21(36)34-7-5-13(6-8-34)35-19-17(32-33-35)11-29-16-4-3-15(31-18(16)19)12-9-14(23(24,25)26)20(27)30-10-12/h3-4,9-11,13H,5-8,28H2,1-2H3,(H2,27,30). The Balaban J connectivity index is 1.53. The molecule has 1 saturated heterocycles. The summed E-state index contributed by atoms with van der Waals surface area (Å²) in [6.45, 7) is 4.40. The molecular formula is C23H24F3N9O. The first-order chi connectivity index (χ1) is 16.9. The van der Waals surface area contributed by atoms with Gasteiger partial charge in [0.2, 0.25) is 5.91 Å². The molecule has 0 unspecified atom stereocenters. The lowest BCUT2D eigenvalue weighted by Gasteiger charge is -2.35. The van der Waals surface area contributed by atoms with E-state index in [4.69, 9.17) is 11.5 Å². The van der Waals surface area contributed by atoms with Gasteiger partial charge in [-0.25, -0.2) is 14.6 Å². The maximum atomic E-state index is 13.4. The Morgan fingerprint density at radius 1 is 1.08 bits per heavy atom. The molecule has 188 valence electrons. The number of nitrogens with two attached hydrogens (primary N) is 2. The molecule has 13 heteroatoms. The fourth-order valence-electron chi connectivity index (χ4n) is 4.46. The fourth-order valence-corrected chi connectivity index (χ4v) is 4.46. The number of carbonyl (C=O) groups excluding carboxylic acids is 1. The van der Waals surface area contributed by atoms with Crippen molar-refractivity contribution >= 4 is 33.8 Å². The van der Waals surface area contributed by atoms with Gasteiger partial charge in [0.05, 0.1) is 34.6 Å². The zero-order chi connectivity index (χ0) is 25.8. The summed E-state index contributed by atoms with van der Waals surface area (Å²) < 4.78 is 41.9. The van der Waals surface area contributed by atoms with Gasteiger partial charge in [0, 0.05) is 24.8 Å². The molecular weight excluding hydrogens is 475 g/mol. The minimum absolute atomic E-state index is 0.0500. The normalized spacial score (nSPS) is 15.7. The molecule has 1 aliphatic rings. The molecule has 0 saturated carbocycles. The number of fused-ring (bicyclic) bond motifs is 3. The van der Waals surface area contributed by atoms with Crippen LogP contribution in [0.5, 0.6) is 0 Å². The SMILES string of the molecule is CC(C)(N)C(=O)N1CCC(n2nnc3cnc4ccc(-c5cnc(N)c(C(F)(F)F)c5)nc4c32)CC1. The van der Waals surface area contributed by atoms with Gasteiger partial charge < -0.3 is 16.4 Å². The van der Waals surface area contributed by atoms with E-state index in [-0.39, 0.29) is 23.2 Å². The van der Waals surface area contributed by atoms with E-state index >= 15 is 0 Å². The van der Waals surface area contributed by atoms with Crippen molar-refractivity contribution in [2.24, 2.45) is 5.73 Å². The van der Waals surface area contributed by atoms with Gasteiger partial charge >= 0.3 is 6.18 Å². The molecule has 0 aliphatic carbocycles. The average molecular weight is 500 g/mol. The van der Waals surface area contributed by atoms with E-state index in [0.29, 0.717) is 48.0 Å². The number of anilines is 1. The molecule has 4 aromatic heterocycles. The third-order valence-corrected chi connectivity index (χ3v) is 6.31. The highest BCUT2D eigenvalue weighted by Crippen LogP contribution is 2.35. The number of hydrogen-bond acceptors (Lipinski definition) is 8. The first-order valence-corrected chi connectivity index (χ1v) is 11.4. The number of alkyl halides is 3. The van der Waals surface area contributed by atoms with Crippen molar-refractivity contribution in [1.29, 1.82) is 0 Å². The Labute approximate surface area is 203 Å². The van der Waals surface area contributed by atoms with E-state index < -0.39 is 23.1 Å². The van der Waals surface area contributed by atoms with Gasteiger partial charge in [-0.05, 0) is 44.9 Å². The van der Waals surface area contributed by atoms with Gasteiger partial charge in [-0.3, -0.25) is 9.78 Å². The van der Waals surface area contributed by atoms with Crippen molar-refractivity contribution in [2.45, 2.75) is 44.4 Å². The van der Waals surface area contributed by atoms with Crippen LogP contribution in [-0.4, -0.2) is 59.4 Å². The van der Waals surface area contributed by atoms with Crippen molar-refractivity contribution in [3.63, 3.8) is 0 Å². The molecule has 1 amide bonds. The maximum absolute atomic E-state index is 13.4. The molecule has 0 atom stereocenters. The van der Waals surface area contributed by atoms with Crippen LogP contribution < -0.4 is 11.5 Å². The minimum Gasteiger partial charge on any atom is -0.383 e. The predicted octanol–water partition coefficient (Wildman–Crippen LogP) is 2.94. The van der Waals surface area contributed by atoms with Crippen LogP contribution >= 0.6 is 0 Å². The molecule has 5 rings (SSSR count). The lowest BCUT2D eigenvalue weighted by atomic mass is 10.00. The molecule has 5 heterocycles. The summed E-state index contributed by atoms with van der Waals surface area (Å²) in [5.74, 6) is -0.707. The smallest absolute Gasteiger partial charge is 0.383 e. The second kappa shape index (κ2) is 8.36. The largest absolute Gasteiger partial charge is 0.419 e. The maximum Gasteiger partial charge on any atom is 0.419 e. The number of carbonyl (C=O) groups is 1. The Morgan fingerprint density at radius 3 is 2.47 bits per heavy atom. The van der Waals surface area contributed by atoms with Gasteiger partial charge in [0.15, 0.2) is 0 Å². The van der Waals surface area contributed by atoms with Crippen LogP contribution in [0.2, 0.25) is 0 Å². The molecule has 0 radical (unpaired) electrons. The molecule has 0 aromatic carbocycles. The number of likely N-dealkylation sites (tertiary alicyclic amines) is 1.